The van der Waals surface area contributed by atoms with E-state index in [1.54, 1.807) is 0 Å². The van der Waals surface area contributed by atoms with Gasteiger partial charge in [-0.3, -0.25) is 0 Å². The van der Waals surface area contributed by atoms with Crippen LogP contribution >= 0.6 is 0 Å². The summed E-state index contributed by atoms with van der Waals surface area (Å²) in [5.74, 6) is 0. The Morgan fingerprint density at radius 3 is 0.783 bits per heavy atom. The highest BCUT2D eigenvalue weighted by molar-refractivity contribution is 7.78. The van der Waals surface area contributed by atoms with Crippen molar-refractivity contribution in [3.8, 4) is 0 Å². The molecule has 0 saturated carbocycles. The molecule has 0 amide bonds. The number of rotatable bonds is 6. The molecule has 1 rings (SSSR count). The van der Waals surface area contributed by atoms with Crippen LogP contribution in [0.1, 0.15) is 83.1 Å². The van der Waals surface area contributed by atoms with Crippen LogP contribution in [0.15, 0.2) is 0 Å². The van der Waals surface area contributed by atoms with E-state index in [1.165, 1.54) is 0 Å². The Bertz CT molecular complexity index is 359. The van der Waals surface area contributed by atoms with Gasteiger partial charge in [0.1, 0.15) is 15.5 Å². The Balaban J connectivity index is 3.91. The summed E-state index contributed by atoms with van der Waals surface area (Å²) >= 11 is 0. The third-order valence-electron chi connectivity index (χ3n) is 7.78. The Labute approximate surface area is 150 Å². The molecule has 0 bridgehead atoms. The molecule has 0 atom stereocenters. The molecule has 1 aliphatic rings. The highest BCUT2D eigenvalue weighted by Crippen LogP contribution is 2.68. The van der Waals surface area contributed by atoms with Gasteiger partial charge < -0.3 is 4.23 Å². The fourth-order valence-electron chi connectivity index (χ4n) is 8.44. The summed E-state index contributed by atoms with van der Waals surface area (Å²) in [5, 5.41) is 0. The van der Waals surface area contributed by atoms with Crippen LogP contribution in [0.4, 0.5) is 0 Å². The SMILES string of the molecule is CC(C)[Si]1(C(C)C)N(C)[Si](C(C)C)(C(C)C)[Si]1(C(C)C)C(C)C. The van der Waals surface area contributed by atoms with Crippen molar-refractivity contribution in [2.75, 3.05) is 7.05 Å². The number of hydrogen-bond acceptors (Lipinski definition) is 1. The quantitative estimate of drug-likeness (QED) is 0.459. The van der Waals surface area contributed by atoms with Crippen molar-refractivity contribution < 1.29 is 0 Å². The first-order valence-corrected chi connectivity index (χ1v) is 18.4. The first-order chi connectivity index (χ1) is 10.3. The molecule has 4 heteroatoms. The number of hydrogen-bond donors (Lipinski definition) is 0. The Morgan fingerprint density at radius 2 is 0.652 bits per heavy atom. The van der Waals surface area contributed by atoms with Gasteiger partial charge in [0, 0.05) is 0 Å². The normalized spacial score (nSPS) is 23.6. The van der Waals surface area contributed by atoms with E-state index in [0.29, 0.717) is 0 Å². The van der Waals surface area contributed by atoms with Gasteiger partial charge in [-0.15, -0.1) is 0 Å². The molecule has 1 nitrogen and oxygen atoms in total. The zero-order valence-corrected chi connectivity index (χ0v) is 21.4. The summed E-state index contributed by atoms with van der Waals surface area (Å²) in [6.07, 6.45) is 0. The van der Waals surface area contributed by atoms with Crippen molar-refractivity contribution in [1.82, 2.24) is 4.23 Å². The minimum absolute atomic E-state index is 0.891. The lowest BCUT2D eigenvalue weighted by Gasteiger charge is -2.83. The van der Waals surface area contributed by atoms with Gasteiger partial charge in [-0.1, -0.05) is 94.2 Å². The molecule has 1 saturated heterocycles. The maximum Gasteiger partial charge on any atom is 0.116 e. The van der Waals surface area contributed by atoms with Crippen LogP contribution in [0.5, 0.6) is 0 Å². The molecule has 0 aromatic rings. The second kappa shape index (κ2) is 6.73. The van der Waals surface area contributed by atoms with Crippen LogP contribution in [0.25, 0.3) is 0 Å². The van der Waals surface area contributed by atoms with E-state index in [0.717, 1.165) is 33.2 Å². The van der Waals surface area contributed by atoms with E-state index >= 15 is 0 Å². The first-order valence-electron chi connectivity index (χ1n) is 10.1. The lowest BCUT2D eigenvalue weighted by molar-refractivity contribution is 0.605. The average Bonchev–Trinajstić information content (AvgIpc) is 2.32. The van der Waals surface area contributed by atoms with Crippen molar-refractivity contribution in [3.05, 3.63) is 0 Å². The molecule has 1 aliphatic heterocycles. The summed E-state index contributed by atoms with van der Waals surface area (Å²) in [6, 6.07) is 0. The molecule has 0 aliphatic carbocycles. The topological polar surface area (TPSA) is 3.24 Å². The lowest BCUT2D eigenvalue weighted by Crippen LogP contribution is -3.04. The van der Waals surface area contributed by atoms with E-state index < -0.39 is 22.6 Å². The van der Waals surface area contributed by atoms with Gasteiger partial charge in [0.2, 0.25) is 0 Å². The monoisotopic (exact) mass is 371 g/mol. The molecule has 0 spiro atoms. The molecule has 1 heterocycles. The predicted octanol–water partition coefficient (Wildman–Crippen LogP) is 6.89. The van der Waals surface area contributed by atoms with Crippen LogP contribution in [0, 0.1) is 0 Å². The van der Waals surface area contributed by atoms with Crippen molar-refractivity contribution in [3.63, 3.8) is 0 Å². The van der Waals surface area contributed by atoms with Crippen molar-refractivity contribution in [1.29, 1.82) is 0 Å². The van der Waals surface area contributed by atoms with Gasteiger partial charge >= 0.3 is 0 Å². The minimum Gasteiger partial charge on any atom is -0.351 e. The number of nitrogens with zero attached hydrogens (tertiary/aromatic N) is 1. The Kier molecular flexibility index (Phi) is 6.34. The third kappa shape index (κ3) is 2.16. The second-order valence-corrected chi connectivity index (χ2v) is 35.0. The summed E-state index contributed by atoms with van der Waals surface area (Å²) in [6.45, 7) is 31.1. The van der Waals surface area contributed by atoms with E-state index in [-0.39, 0.29) is 0 Å². The highest BCUT2D eigenvalue weighted by atomic mass is 29.7. The van der Waals surface area contributed by atoms with Gasteiger partial charge in [0.05, 0.1) is 7.11 Å². The average molecular weight is 372 g/mol. The molecular weight excluding hydrogens is 326 g/mol. The van der Waals surface area contributed by atoms with Gasteiger partial charge in [0.15, 0.2) is 0 Å². The summed E-state index contributed by atoms with van der Waals surface area (Å²) in [7, 11) is -1.64. The molecule has 138 valence electrons. The molecular formula is C19H45NSi3. The van der Waals surface area contributed by atoms with Crippen LogP contribution in [0.3, 0.4) is 0 Å². The van der Waals surface area contributed by atoms with Gasteiger partial charge in [-0.05, 0) is 29.2 Å². The lowest BCUT2D eigenvalue weighted by atomic mass is 10.5. The van der Waals surface area contributed by atoms with Crippen LogP contribution in [-0.4, -0.2) is 33.9 Å². The van der Waals surface area contributed by atoms with Crippen LogP contribution in [0.2, 0.25) is 33.2 Å². The third-order valence-corrected chi connectivity index (χ3v) is 57.9. The summed E-state index contributed by atoms with van der Waals surface area (Å²) in [4.78, 5) is 0. The summed E-state index contributed by atoms with van der Waals surface area (Å²) in [5.41, 5.74) is 5.44. The smallest absolute Gasteiger partial charge is 0.116 e. The van der Waals surface area contributed by atoms with E-state index in [2.05, 4.69) is 94.4 Å². The first kappa shape index (κ1) is 21.7. The predicted molar refractivity (Wildman–Crippen MR) is 116 cm³/mol. The summed E-state index contributed by atoms with van der Waals surface area (Å²) < 4.78 is 3.18. The van der Waals surface area contributed by atoms with Gasteiger partial charge in [-0.25, -0.2) is 0 Å². The van der Waals surface area contributed by atoms with E-state index in [9.17, 15) is 0 Å². The molecule has 0 aromatic heterocycles. The molecule has 0 N–H and O–H groups in total. The minimum atomic E-state index is -1.43. The molecule has 0 aromatic carbocycles. The van der Waals surface area contributed by atoms with Crippen LogP contribution in [-0.2, 0) is 0 Å². The second-order valence-electron chi connectivity index (χ2n) is 10.0. The fraction of sp³-hybridized carbons (Fsp3) is 1.00. The largest absolute Gasteiger partial charge is 0.351 e. The van der Waals surface area contributed by atoms with E-state index in [4.69, 9.17) is 0 Å². The van der Waals surface area contributed by atoms with Crippen molar-refractivity contribution >= 4 is 22.6 Å². The Morgan fingerprint density at radius 1 is 0.435 bits per heavy atom. The van der Waals surface area contributed by atoms with Gasteiger partial charge in [-0.2, -0.15) is 0 Å². The zero-order valence-electron chi connectivity index (χ0n) is 18.4. The fourth-order valence-corrected chi connectivity index (χ4v) is 81.1. The maximum absolute atomic E-state index is 3.18. The van der Waals surface area contributed by atoms with Crippen molar-refractivity contribution in [2.24, 2.45) is 0 Å². The van der Waals surface area contributed by atoms with E-state index in [1.807, 2.05) is 0 Å². The Hall–Kier alpha value is 0.611. The zero-order chi connectivity index (χ0) is 18.5. The molecule has 23 heavy (non-hydrogen) atoms. The standard InChI is InChI=1S/C19H45NSi3/c1-14(2)21(15(3)4)20(13)22(16(5)6,17(7)8)23(21,18(9)10)19(11)12/h14-19H,1-13H3. The highest BCUT2D eigenvalue weighted by Gasteiger charge is 2.84. The van der Waals surface area contributed by atoms with Gasteiger partial charge in [0.25, 0.3) is 0 Å². The molecule has 0 radical (unpaired) electrons. The van der Waals surface area contributed by atoms with Crippen molar-refractivity contribution in [2.45, 2.75) is 116 Å². The molecule has 0 unspecified atom stereocenters. The molecule has 1 fully saturated rings. The maximum atomic E-state index is 3.18. The van der Waals surface area contributed by atoms with Crippen LogP contribution < -0.4 is 0 Å².